The van der Waals surface area contributed by atoms with Gasteiger partial charge in [0.2, 0.25) is 0 Å². The van der Waals surface area contributed by atoms with Crippen LogP contribution in [0.1, 0.15) is 20.3 Å². The van der Waals surface area contributed by atoms with E-state index in [1.165, 1.54) is 25.1 Å². The van der Waals surface area contributed by atoms with Gasteiger partial charge in [-0.3, -0.25) is 4.90 Å². The van der Waals surface area contributed by atoms with E-state index in [0.717, 1.165) is 26.3 Å². The summed E-state index contributed by atoms with van der Waals surface area (Å²) in [5.41, 5.74) is 0.123. The zero-order valence-corrected chi connectivity index (χ0v) is 18.9. The highest BCUT2D eigenvalue weighted by Gasteiger charge is 2.62. The highest BCUT2D eigenvalue weighted by Crippen LogP contribution is 2.45. The first-order chi connectivity index (χ1) is 9.99. The summed E-state index contributed by atoms with van der Waals surface area (Å²) in [4.78, 5) is 2.58. The Morgan fingerprint density at radius 2 is 1.59 bits per heavy atom. The second kappa shape index (κ2) is 6.44. The minimum Gasteiger partial charge on any atom is -0.415 e. The second-order valence-electron chi connectivity index (χ2n) is 9.34. The molecule has 0 N–H and O–H groups in total. The van der Waals surface area contributed by atoms with E-state index >= 15 is 0 Å². The molecule has 2 heterocycles. The lowest BCUT2D eigenvalue weighted by Crippen LogP contribution is -2.78. The molecule has 0 bridgehead atoms. The molecule has 1 unspecified atom stereocenters. The molecular formula is C16H37NO2Si3. The monoisotopic (exact) mass is 359 g/mol. The van der Waals surface area contributed by atoms with E-state index in [4.69, 9.17) is 9.16 Å². The number of morpholine rings is 1. The van der Waals surface area contributed by atoms with Gasteiger partial charge in [0.15, 0.2) is 7.83 Å². The van der Waals surface area contributed by atoms with Gasteiger partial charge in [0, 0.05) is 26.3 Å². The van der Waals surface area contributed by atoms with Gasteiger partial charge in [-0.2, -0.15) is 0 Å². The summed E-state index contributed by atoms with van der Waals surface area (Å²) in [5.74, 6) is 0. The molecule has 130 valence electrons. The molecular weight excluding hydrogens is 322 g/mol. The molecule has 6 heteroatoms. The zero-order chi connectivity index (χ0) is 16.6. The molecule has 1 atom stereocenters. The van der Waals surface area contributed by atoms with Crippen LogP contribution in [-0.4, -0.2) is 65.9 Å². The summed E-state index contributed by atoms with van der Waals surface area (Å²) >= 11 is 0. The molecule has 0 radical (unpaired) electrons. The van der Waals surface area contributed by atoms with Crippen molar-refractivity contribution in [2.24, 2.45) is 0 Å². The Hall–Kier alpha value is 0.531. The number of nitrogens with zero attached hydrogens (tertiary/aromatic N) is 1. The summed E-state index contributed by atoms with van der Waals surface area (Å²) in [7, 11) is -3.95. The van der Waals surface area contributed by atoms with Crippen LogP contribution >= 0.6 is 0 Å². The lowest BCUT2D eigenvalue weighted by atomic mass is 10.2. The fraction of sp³-hybridized carbons (Fsp3) is 1.00. The smallest absolute Gasteiger partial charge is 0.175 e. The van der Waals surface area contributed by atoms with E-state index in [-0.39, 0.29) is 5.60 Å². The predicted octanol–water partition coefficient (Wildman–Crippen LogP) is 3.67. The van der Waals surface area contributed by atoms with Crippen molar-refractivity contribution in [3.8, 4) is 0 Å². The molecule has 0 amide bonds. The van der Waals surface area contributed by atoms with Crippen molar-refractivity contribution >= 4 is 22.5 Å². The van der Waals surface area contributed by atoms with E-state index in [9.17, 15) is 0 Å². The standard InChI is InChI=1S/C16H37NO2Si3/c1-16(2)15-20(3,4)21(5,6)22(7,19-16)14-8-9-17-10-12-18-13-11-17/h8-15H2,1-7H3. The molecule has 0 aliphatic carbocycles. The summed E-state index contributed by atoms with van der Waals surface area (Å²) in [6, 6.07) is 2.72. The van der Waals surface area contributed by atoms with Gasteiger partial charge < -0.3 is 9.16 Å². The van der Waals surface area contributed by atoms with Crippen molar-refractivity contribution in [2.45, 2.75) is 70.7 Å². The van der Waals surface area contributed by atoms with Gasteiger partial charge in [0.05, 0.1) is 20.3 Å². The quantitative estimate of drug-likeness (QED) is 0.715. The molecule has 3 nitrogen and oxygen atoms in total. The van der Waals surface area contributed by atoms with Crippen molar-refractivity contribution in [3.05, 3.63) is 0 Å². The topological polar surface area (TPSA) is 21.7 Å². The van der Waals surface area contributed by atoms with Crippen LogP contribution in [0.2, 0.25) is 44.8 Å². The molecule has 0 saturated carbocycles. The van der Waals surface area contributed by atoms with Crippen LogP contribution in [0.5, 0.6) is 0 Å². The summed E-state index contributed by atoms with van der Waals surface area (Å²) < 4.78 is 12.4. The average Bonchev–Trinajstić information content (AvgIpc) is 2.36. The third kappa shape index (κ3) is 3.78. The first-order valence-corrected chi connectivity index (χ1v) is 19.8. The fourth-order valence-corrected chi connectivity index (χ4v) is 38.1. The summed E-state index contributed by atoms with van der Waals surface area (Å²) in [5, 5.41) is 0. The highest BCUT2D eigenvalue weighted by atomic mass is 29.6. The van der Waals surface area contributed by atoms with Crippen molar-refractivity contribution in [2.75, 3.05) is 32.8 Å². The van der Waals surface area contributed by atoms with Gasteiger partial charge in [0.25, 0.3) is 0 Å². The van der Waals surface area contributed by atoms with Gasteiger partial charge in [-0.15, -0.1) is 0 Å². The van der Waals surface area contributed by atoms with E-state index in [2.05, 4.69) is 51.5 Å². The Kier molecular flexibility index (Phi) is 5.52. The van der Waals surface area contributed by atoms with Crippen LogP contribution in [0.3, 0.4) is 0 Å². The first kappa shape index (κ1) is 18.9. The van der Waals surface area contributed by atoms with Crippen LogP contribution in [0.4, 0.5) is 0 Å². The van der Waals surface area contributed by atoms with E-state index in [0.29, 0.717) is 0 Å². The molecule has 0 aromatic rings. The van der Waals surface area contributed by atoms with E-state index in [1.807, 2.05) is 0 Å². The predicted molar refractivity (Wildman–Crippen MR) is 103 cm³/mol. The van der Waals surface area contributed by atoms with Gasteiger partial charge in [-0.1, -0.05) is 26.2 Å². The summed E-state index contributed by atoms with van der Waals surface area (Å²) in [6.45, 7) is 23.2. The number of rotatable bonds is 4. The minimum absolute atomic E-state index is 0.123. The Morgan fingerprint density at radius 1 is 1.00 bits per heavy atom. The minimum atomic E-state index is -1.58. The Morgan fingerprint density at radius 3 is 2.18 bits per heavy atom. The lowest BCUT2D eigenvalue weighted by Gasteiger charge is -2.59. The maximum absolute atomic E-state index is 6.89. The average molecular weight is 360 g/mol. The van der Waals surface area contributed by atoms with Gasteiger partial charge in [-0.25, -0.2) is 0 Å². The lowest BCUT2D eigenvalue weighted by molar-refractivity contribution is 0.0377. The van der Waals surface area contributed by atoms with Crippen molar-refractivity contribution < 1.29 is 9.16 Å². The molecule has 2 aliphatic rings. The Bertz CT molecular complexity index is 395. The largest absolute Gasteiger partial charge is 0.415 e. The third-order valence-corrected chi connectivity index (χ3v) is 47.2. The summed E-state index contributed by atoms with van der Waals surface area (Å²) in [6.07, 6.45) is 1.32. The van der Waals surface area contributed by atoms with E-state index in [1.54, 1.807) is 0 Å². The Balaban J connectivity index is 2.01. The van der Waals surface area contributed by atoms with Crippen LogP contribution < -0.4 is 0 Å². The normalized spacial score (nSPS) is 34.5. The molecule has 2 rings (SSSR count). The Labute approximate surface area is 140 Å². The van der Waals surface area contributed by atoms with Crippen LogP contribution in [-0.2, 0) is 9.16 Å². The van der Waals surface area contributed by atoms with Gasteiger partial charge >= 0.3 is 0 Å². The molecule has 22 heavy (non-hydrogen) atoms. The van der Waals surface area contributed by atoms with Crippen LogP contribution in [0.25, 0.3) is 0 Å². The molecule has 0 aromatic heterocycles. The molecule has 0 aromatic carbocycles. The number of ether oxygens (including phenoxy) is 1. The molecule has 2 fully saturated rings. The van der Waals surface area contributed by atoms with Gasteiger partial charge in [-0.05, 0) is 45.4 Å². The number of hydrogen-bond donors (Lipinski definition) is 0. The van der Waals surface area contributed by atoms with E-state index < -0.39 is 22.5 Å². The number of hydrogen-bond acceptors (Lipinski definition) is 3. The molecule has 2 saturated heterocycles. The molecule has 0 spiro atoms. The van der Waals surface area contributed by atoms with Crippen molar-refractivity contribution in [1.29, 1.82) is 0 Å². The van der Waals surface area contributed by atoms with Crippen LogP contribution in [0, 0.1) is 0 Å². The maximum Gasteiger partial charge on any atom is 0.175 e. The molecule has 2 aliphatic heterocycles. The highest BCUT2D eigenvalue weighted by molar-refractivity contribution is 7.67. The first-order valence-electron chi connectivity index (χ1n) is 8.99. The van der Waals surface area contributed by atoms with Gasteiger partial charge in [0.1, 0.15) is 0 Å². The third-order valence-electron chi connectivity index (χ3n) is 6.62. The second-order valence-corrected chi connectivity index (χ2v) is 36.1. The maximum atomic E-state index is 6.89. The van der Waals surface area contributed by atoms with Crippen molar-refractivity contribution in [3.63, 3.8) is 0 Å². The zero-order valence-electron chi connectivity index (χ0n) is 15.9. The SMILES string of the molecule is CC1(C)C[Si](C)(C)[Si](C)(C)[Si](C)(CCCN2CCOCC2)O1. The van der Waals surface area contributed by atoms with Crippen LogP contribution in [0.15, 0.2) is 0 Å². The van der Waals surface area contributed by atoms with Crippen molar-refractivity contribution in [1.82, 2.24) is 4.90 Å². The fourth-order valence-electron chi connectivity index (χ4n) is 4.60.